The number of rotatable bonds is 4. The lowest BCUT2D eigenvalue weighted by Gasteiger charge is -2.23. The summed E-state index contributed by atoms with van der Waals surface area (Å²) in [6.07, 6.45) is 4.24. The average Bonchev–Trinajstić information content (AvgIpc) is 2.83. The molecule has 0 bridgehead atoms. The minimum Gasteiger partial charge on any atom is -0.393 e. The largest absolute Gasteiger partial charge is 0.393 e. The summed E-state index contributed by atoms with van der Waals surface area (Å²) in [7, 11) is 1.75. The van der Waals surface area contributed by atoms with Gasteiger partial charge in [0.25, 0.3) is 0 Å². The molecule has 1 heterocycles. The van der Waals surface area contributed by atoms with Crippen molar-refractivity contribution in [1.82, 2.24) is 15.2 Å². The molecule has 1 aliphatic rings. The molecule has 110 valence electrons. The van der Waals surface area contributed by atoms with Crippen LogP contribution in [0.4, 0.5) is 4.79 Å². The standard InChI is InChI=1S/C14H20ClN3O2/c1-18(9-11-3-2-4-12(11)19)14(20)17-8-10-5-6-13(15)16-7-10/h5-7,11-12,19H,2-4,8-9H2,1H3,(H,17,20). The second kappa shape index (κ2) is 6.90. The molecule has 0 aromatic carbocycles. The summed E-state index contributed by atoms with van der Waals surface area (Å²) in [4.78, 5) is 17.6. The molecule has 5 nitrogen and oxygen atoms in total. The number of carbonyl (C=O) groups is 1. The molecule has 1 saturated carbocycles. The van der Waals surface area contributed by atoms with Gasteiger partial charge in [0, 0.05) is 32.3 Å². The number of aliphatic hydroxyl groups excluding tert-OH is 1. The van der Waals surface area contributed by atoms with Gasteiger partial charge in [0.1, 0.15) is 5.15 Å². The molecular formula is C14H20ClN3O2. The van der Waals surface area contributed by atoms with Gasteiger partial charge in [-0.1, -0.05) is 24.1 Å². The van der Waals surface area contributed by atoms with E-state index in [4.69, 9.17) is 11.6 Å². The van der Waals surface area contributed by atoms with Crippen LogP contribution in [0.5, 0.6) is 0 Å². The van der Waals surface area contributed by atoms with E-state index in [9.17, 15) is 9.90 Å². The maximum absolute atomic E-state index is 12.0. The predicted octanol–water partition coefficient (Wildman–Crippen LogP) is 2.04. The Balaban J connectivity index is 1.77. The monoisotopic (exact) mass is 297 g/mol. The molecule has 20 heavy (non-hydrogen) atoms. The minimum atomic E-state index is -0.272. The fourth-order valence-corrected chi connectivity index (χ4v) is 2.60. The fraction of sp³-hybridized carbons (Fsp3) is 0.571. The molecule has 6 heteroatoms. The Bertz CT molecular complexity index is 452. The van der Waals surface area contributed by atoms with Gasteiger partial charge >= 0.3 is 6.03 Å². The summed E-state index contributed by atoms with van der Waals surface area (Å²) in [6, 6.07) is 3.39. The molecule has 1 aromatic rings. The summed E-state index contributed by atoms with van der Waals surface area (Å²) in [6.45, 7) is 1.01. The second-order valence-electron chi connectivity index (χ2n) is 5.29. The highest BCUT2D eigenvalue weighted by Crippen LogP contribution is 2.25. The molecule has 1 aromatic heterocycles. The van der Waals surface area contributed by atoms with E-state index in [1.165, 1.54) is 0 Å². The average molecular weight is 298 g/mol. The van der Waals surface area contributed by atoms with E-state index < -0.39 is 0 Å². The van der Waals surface area contributed by atoms with Crippen LogP contribution >= 0.6 is 11.6 Å². The van der Waals surface area contributed by atoms with Gasteiger partial charge in [0.15, 0.2) is 0 Å². The van der Waals surface area contributed by atoms with Crippen molar-refractivity contribution < 1.29 is 9.90 Å². The molecule has 1 fully saturated rings. The van der Waals surface area contributed by atoms with Crippen molar-refractivity contribution in [1.29, 1.82) is 0 Å². The van der Waals surface area contributed by atoms with Crippen LogP contribution < -0.4 is 5.32 Å². The van der Waals surface area contributed by atoms with Crippen LogP contribution in [-0.4, -0.2) is 40.7 Å². The smallest absolute Gasteiger partial charge is 0.317 e. The lowest BCUT2D eigenvalue weighted by atomic mass is 10.1. The van der Waals surface area contributed by atoms with E-state index in [1.54, 1.807) is 24.2 Å². The number of carbonyl (C=O) groups excluding carboxylic acids is 1. The zero-order valence-electron chi connectivity index (χ0n) is 11.6. The van der Waals surface area contributed by atoms with E-state index >= 15 is 0 Å². The normalized spacial score (nSPS) is 21.8. The van der Waals surface area contributed by atoms with Crippen molar-refractivity contribution in [3.63, 3.8) is 0 Å². The summed E-state index contributed by atoms with van der Waals surface area (Å²) < 4.78 is 0. The van der Waals surface area contributed by atoms with E-state index in [0.29, 0.717) is 18.2 Å². The van der Waals surface area contributed by atoms with Crippen molar-refractivity contribution >= 4 is 17.6 Å². The quantitative estimate of drug-likeness (QED) is 0.836. The number of aliphatic hydroxyl groups is 1. The lowest BCUT2D eigenvalue weighted by molar-refractivity contribution is 0.114. The predicted molar refractivity (Wildman–Crippen MR) is 77.5 cm³/mol. The maximum atomic E-state index is 12.0. The number of urea groups is 1. The number of halogens is 1. The van der Waals surface area contributed by atoms with Crippen LogP contribution in [0.3, 0.4) is 0 Å². The van der Waals surface area contributed by atoms with Crippen LogP contribution in [0, 0.1) is 5.92 Å². The Morgan fingerprint density at radius 1 is 1.55 bits per heavy atom. The third kappa shape index (κ3) is 4.08. The number of hydrogen-bond acceptors (Lipinski definition) is 3. The van der Waals surface area contributed by atoms with Crippen LogP contribution in [0.1, 0.15) is 24.8 Å². The summed E-state index contributed by atoms with van der Waals surface area (Å²) in [5.41, 5.74) is 0.900. The molecule has 0 aliphatic heterocycles. The Labute approximate surface area is 123 Å². The summed E-state index contributed by atoms with van der Waals surface area (Å²) in [5.74, 6) is 0.197. The van der Waals surface area contributed by atoms with Crippen LogP contribution in [0.2, 0.25) is 5.15 Å². The molecule has 2 amide bonds. The number of nitrogens with zero attached hydrogens (tertiary/aromatic N) is 2. The molecule has 2 atom stereocenters. The van der Waals surface area contributed by atoms with E-state index in [1.807, 2.05) is 6.07 Å². The van der Waals surface area contributed by atoms with Crippen molar-refractivity contribution in [2.24, 2.45) is 5.92 Å². The Morgan fingerprint density at radius 3 is 2.95 bits per heavy atom. The SMILES string of the molecule is CN(CC1CCCC1O)C(=O)NCc1ccc(Cl)nc1. The highest BCUT2D eigenvalue weighted by Gasteiger charge is 2.27. The van der Waals surface area contributed by atoms with Gasteiger partial charge in [-0.05, 0) is 24.5 Å². The van der Waals surface area contributed by atoms with Gasteiger partial charge in [-0.25, -0.2) is 9.78 Å². The fourth-order valence-electron chi connectivity index (χ4n) is 2.49. The molecule has 2 N–H and O–H groups in total. The zero-order valence-corrected chi connectivity index (χ0v) is 12.3. The Kier molecular flexibility index (Phi) is 5.20. The van der Waals surface area contributed by atoms with Gasteiger partial charge in [-0.3, -0.25) is 0 Å². The Hall–Kier alpha value is -1.33. The van der Waals surface area contributed by atoms with Crippen molar-refractivity contribution in [3.05, 3.63) is 29.0 Å². The first kappa shape index (κ1) is 15.1. The molecule has 2 unspecified atom stereocenters. The summed E-state index contributed by atoms with van der Waals surface area (Å²) >= 11 is 5.70. The number of amides is 2. The molecule has 1 aliphatic carbocycles. The molecule has 2 rings (SSSR count). The second-order valence-corrected chi connectivity index (χ2v) is 5.67. The highest BCUT2D eigenvalue weighted by molar-refractivity contribution is 6.29. The first-order chi connectivity index (χ1) is 9.56. The van der Waals surface area contributed by atoms with Gasteiger partial charge in [-0.2, -0.15) is 0 Å². The number of aromatic nitrogens is 1. The minimum absolute atomic E-state index is 0.140. The number of hydrogen-bond donors (Lipinski definition) is 2. The van der Waals surface area contributed by atoms with Gasteiger partial charge in [-0.15, -0.1) is 0 Å². The van der Waals surface area contributed by atoms with Crippen molar-refractivity contribution in [2.75, 3.05) is 13.6 Å². The van der Waals surface area contributed by atoms with Crippen LogP contribution in [0.15, 0.2) is 18.3 Å². The van der Waals surface area contributed by atoms with Gasteiger partial charge in [0.2, 0.25) is 0 Å². The zero-order chi connectivity index (χ0) is 14.5. The Morgan fingerprint density at radius 2 is 2.35 bits per heavy atom. The third-order valence-corrected chi connectivity index (χ3v) is 3.93. The first-order valence-corrected chi connectivity index (χ1v) is 7.21. The first-order valence-electron chi connectivity index (χ1n) is 6.83. The summed E-state index contributed by atoms with van der Waals surface area (Å²) in [5, 5.41) is 13.0. The van der Waals surface area contributed by atoms with Gasteiger partial charge in [0.05, 0.1) is 6.10 Å². The molecule has 0 radical (unpaired) electrons. The molecule has 0 spiro atoms. The van der Waals surface area contributed by atoms with E-state index in [-0.39, 0.29) is 18.1 Å². The number of pyridine rings is 1. The lowest BCUT2D eigenvalue weighted by Crippen LogP contribution is -2.40. The van der Waals surface area contributed by atoms with E-state index in [2.05, 4.69) is 10.3 Å². The van der Waals surface area contributed by atoms with Crippen LogP contribution in [-0.2, 0) is 6.54 Å². The third-order valence-electron chi connectivity index (χ3n) is 3.71. The maximum Gasteiger partial charge on any atom is 0.317 e. The van der Waals surface area contributed by atoms with Crippen LogP contribution in [0.25, 0.3) is 0 Å². The van der Waals surface area contributed by atoms with Crippen molar-refractivity contribution in [3.8, 4) is 0 Å². The number of nitrogens with one attached hydrogen (secondary N) is 1. The van der Waals surface area contributed by atoms with Gasteiger partial charge < -0.3 is 15.3 Å². The topological polar surface area (TPSA) is 65.5 Å². The molecule has 0 saturated heterocycles. The molecular weight excluding hydrogens is 278 g/mol. The highest BCUT2D eigenvalue weighted by atomic mass is 35.5. The van der Waals surface area contributed by atoms with E-state index in [0.717, 1.165) is 24.8 Å². The van der Waals surface area contributed by atoms with Crippen molar-refractivity contribution in [2.45, 2.75) is 31.9 Å².